The topological polar surface area (TPSA) is 15.3 Å². The first kappa shape index (κ1) is 13.1. The number of benzene rings is 1. The Bertz CT molecular complexity index is 372. The molecule has 0 amide bonds. The van der Waals surface area contributed by atoms with Crippen molar-refractivity contribution in [2.24, 2.45) is 0 Å². The van der Waals surface area contributed by atoms with E-state index in [1.165, 1.54) is 35.0 Å². The Balaban J connectivity index is 1.99. The summed E-state index contributed by atoms with van der Waals surface area (Å²) in [6.45, 7) is 5.45. The average Bonchev–Trinajstić information content (AvgIpc) is 2.34. The van der Waals surface area contributed by atoms with Crippen molar-refractivity contribution in [3.8, 4) is 0 Å². The maximum Gasteiger partial charge on any atom is 0.0245 e. The lowest BCUT2D eigenvalue weighted by molar-refractivity contribution is 0.195. The molecule has 0 bridgehead atoms. The summed E-state index contributed by atoms with van der Waals surface area (Å²) in [6, 6.07) is 7.29. The summed E-state index contributed by atoms with van der Waals surface area (Å²) < 4.78 is 1.23. The zero-order valence-electron chi connectivity index (χ0n) is 10.7. The van der Waals surface area contributed by atoms with Crippen LogP contribution in [0.15, 0.2) is 22.7 Å². The Hall–Kier alpha value is -0.380. The number of hydrogen-bond acceptors (Lipinski definition) is 2. The van der Waals surface area contributed by atoms with Crippen LogP contribution in [0.3, 0.4) is 0 Å². The highest BCUT2D eigenvalue weighted by molar-refractivity contribution is 9.10. The lowest BCUT2D eigenvalue weighted by atomic mass is 10.1. The van der Waals surface area contributed by atoms with Crippen molar-refractivity contribution in [3.05, 3.63) is 33.8 Å². The third kappa shape index (κ3) is 3.54. The van der Waals surface area contributed by atoms with Gasteiger partial charge in [-0.15, -0.1) is 0 Å². The third-order valence-corrected chi connectivity index (χ3v) is 4.26. The molecule has 0 radical (unpaired) electrons. The second kappa shape index (κ2) is 5.98. The van der Waals surface area contributed by atoms with Gasteiger partial charge in [-0.3, -0.25) is 4.90 Å². The number of nitrogens with one attached hydrogen (secondary N) is 1. The van der Waals surface area contributed by atoms with E-state index in [0.717, 1.165) is 13.1 Å². The second-order valence-electron chi connectivity index (χ2n) is 5.01. The molecule has 1 unspecified atom stereocenters. The lowest BCUT2D eigenvalue weighted by Crippen LogP contribution is -2.43. The molecule has 1 aliphatic heterocycles. The molecule has 1 fully saturated rings. The Morgan fingerprint density at radius 1 is 1.47 bits per heavy atom. The molecule has 1 saturated heterocycles. The summed E-state index contributed by atoms with van der Waals surface area (Å²) in [6.07, 6.45) is 2.61. The molecule has 1 aromatic rings. The molecule has 1 aliphatic rings. The number of piperidine rings is 1. The SMILES string of the molecule is Cc1ccc(CN(C)C2CCCNC2)c(Br)c1. The molecule has 17 heavy (non-hydrogen) atoms. The molecule has 0 spiro atoms. The summed E-state index contributed by atoms with van der Waals surface area (Å²) in [7, 11) is 2.23. The predicted molar refractivity (Wildman–Crippen MR) is 76.2 cm³/mol. The third-order valence-electron chi connectivity index (χ3n) is 3.52. The van der Waals surface area contributed by atoms with Crippen LogP contribution in [-0.2, 0) is 6.54 Å². The number of nitrogens with zero attached hydrogens (tertiary/aromatic N) is 1. The Labute approximate surface area is 113 Å². The van der Waals surface area contributed by atoms with Gasteiger partial charge in [0.25, 0.3) is 0 Å². The van der Waals surface area contributed by atoms with Crippen LogP contribution in [0.25, 0.3) is 0 Å². The van der Waals surface area contributed by atoms with E-state index in [1.807, 2.05) is 0 Å². The van der Waals surface area contributed by atoms with E-state index < -0.39 is 0 Å². The summed E-state index contributed by atoms with van der Waals surface area (Å²) >= 11 is 3.66. The van der Waals surface area contributed by atoms with Gasteiger partial charge in [-0.2, -0.15) is 0 Å². The van der Waals surface area contributed by atoms with Crippen LogP contribution in [-0.4, -0.2) is 31.1 Å². The molecule has 0 aromatic heterocycles. The zero-order valence-corrected chi connectivity index (χ0v) is 12.3. The lowest BCUT2D eigenvalue weighted by Gasteiger charge is -2.32. The summed E-state index contributed by atoms with van der Waals surface area (Å²) in [5.74, 6) is 0. The largest absolute Gasteiger partial charge is 0.315 e. The van der Waals surface area contributed by atoms with Gasteiger partial charge in [-0.05, 0) is 50.6 Å². The Morgan fingerprint density at radius 2 is 2.29 bits per heavy atom. The Morgan fingerprint density at radius 3 is 2.94 bits per heavy atom. The quantitative estimate of drug-likeness (QED) is 0.923. The number of aryl methyl sites for hydroxylation is 1. The summed E-state index contributed by atoms with van der Waals surface area (Å²) in [5.41, 5.74) is 2.69. The van der Waals surface area contributed by atoms with Gasteiger partial charge in [0.05, 0.1) is 0 Å². The minimum absolute atomic E-state index is 0.678. The van der Waals surface area contributed by atoms with Gasteiger partial charge >= 0.3 is 0 Å². The van der Waals surface area contributed by atoms with E-state index in [9.17, 15) is 0 Å². The van der Waals surface area contributed by atoms with Gasteiger partial charge in [0.15, 0.2) is 0 Å². The van der Waals surface area contributed by atoms with Crippen molar-refractivity contribution in [1.29, 1.82) is 0 Å². The first-order chi connectivity index (χ1) is 8.16. The van der Waals surface area contributed by atoms with Crippen LogP contribution in [0, 0.1) is 6.92 Å². The highest BCUT2D eigenvalue weighted by atomic mass is 79.9. The number of rotatable bonds is 3. The fraction of sp³-hybridized carbons (Fsp3) is 0.571. The van der Waals surface area contributed by atoms with Gasteiger partial charge in [0, 0.05) is 23.6 Å². The van der Waals surface area contributed by atoms with Crippen molar-refractivity contribution < 1.29 is 0 Å². The fourth-order valence-corrected chi connectivity index (χ4v) is 3.01. The van der Waals surface area contributed by atoms with Gasteiger partial charge in [0.1, 0.15) is 0 Å². The van der Waals surface area contributed by atoms with Crippen LogP contribution in [0.4, 0.5) is 0 Å². The average molecular weight is 297 g/mol. The smallest absolute Gasteiger partial charge is 0.0245 e. The molecule has 2 nitrogen and oxygen atoms in total. The molecule has 0 aliphatic carbocycles. The predicted octanol–water partition coefficient (Wildman–Crippen LogP) is 2.94. The highest BCUT2D eigenvalue weighted by Gasteiger charge is 2.18. The van der Waals surface area contributed by atoms with Crippen molar-refractivity contribution >= 4 is 15.9 Å². The molecular formula is C14H21BrN2. The zero-order chi connectivity index (χ0) is 12.3. The molecule has 94 valence electrons. The minimum Gasteiger partial charge on any atom is -0.315 e. The number of hydrogen-bond donors (Lipinski definition) is 1. The second-order valence-corrected chi connectivity index (χ2v) is 5.86. The summed E-state index contributed by atoms with van der Waals surface area (Å²) in [5, 5.41) is 3.47. The van der Waals surface area contributed by atoms with Gasteiger partial charge < -0.3 is 5.32 Å². The van der Waals surface area contributed by atoms with Crippen molar-refractivity contribution in [2.45, 2.75) is 32.4 Å². The van der Waals surface area contributed by atoms with Crippen LogP contribution >= 0.6 is 15.9 Å². The van der Waals surface area contributed by atoms with E-state index in [1.54, 1.807) is 0 Å². The standard InChI is InChI=1S/C14H21BrN2/c1-11-5-6-12(14(15)8-11)10-17(2)13-4-3-7-16-9-13/h5-6,8,13,16H,3-4,7,9-10H2,1-2H3. The minimum atomic E-state index is 0.678. The van der Waals surface area contributed by atoms with Crippen LogP contribution < -0.4 is 5.32 Å². The van der Waals surface area contributed by atoms with E-state index in [2.05, 4.69) is 58.3 Å². The van der Waals surface area contributed by atoms with E-state index in [-0.39, 0.29) is 0 Å². The first-order valence-corrected chi connectivity index (χ1v) is 7.12. The fourth-order valence-electron chi connectivity index (χ4n) is 2.39. The summed E-state index contributed by atoms with van der Waals surface area (Å²) in [4.78, 5) is 2.46. The van der Waals surface area contributed by atoms with E-state index in [4.69, 9.17) is 0 Å². The monoisotopic (exact) mass is 296 g/mol. The normalized spacial score (nSPS) is 20.8. The highest BCUT2D eigenvalue weighted by Crippen LogP contribution is 2.21. The van der Waals surface area contributed by atoms with Gasteiger partial charge in [0.2, 0.25) is 0 Å². The first-order valence-electron chi connectivity index (χ1n) is 6.33. The van der Waals surface area contributed by atoms with E-state index in [0.29, 0.717) is 6.04 Å². The molecule has 1 aromatic carbocycles. The van der Waals surface area contributed by atoms with Crippen LogP contribution in [0.2, 0.25) is 0 Å². The Kier molecular flexibility index (Phi) is 4.60. The van der Waals surface area contributed by atoms with Gasteiger partial charge in [-0.1, -0.05) is 28.1 Å². The maximum absolute atomic E-state index is 3.66. The molecular weight excluding hydrogens is 276 g/mol. The molecule has 0 saturated carbocycles. The number of likely N-dealkylation sites (N-methyl/N-ethyl adjacent to an activating group) is 1. The molecule has 1 N–H and O–H groups in total. The van der Waals surface area contributed by atoms with Crippen molar-refractivity contribution in [2.75, 3.05) is 20.1 Å². The van der Waals surface area contributed by atoms with Crippen LogP contribution in [0.5, 0.6) is 0 Å². The van der Waals surface area contributed by atoms with Crippen LogP contribution in [0.1, 0.15) is 24.0 Å². The molecule has 1 heterocycles. The van der Waals surface area contributed by atoms with Crippen molar-refractivity contribution in [3.63, 3.8) is 0 Å². The molecule has 2 rings (SSSR count). The van der Waals surface area contributed by atoms with Gasteiger partial charge in [-0.25, -0.2) is 0 Å². The van der Waals surface area contributed by atoms with E-state index >= 15 is 0 Å². The molecule has 1 atom stereocenters. The maximum atomic E-state index is 3.66. The number of halogens is 1. The van der Waals surface area contributed by atoms with Crippen molar-refractivity contribution in [1.82, 2.24) is 10.2 Å². The molecule has 3 heteroatoms.